The van der Waals surface area contributed by atoms with E-state index < -0.39 is 44.2 Å². The number of halogens is 2. The third-order valence-electron chi connectivity index (χ3n) is 2.72. The maximum absolute atomic E-state index is 13.6. The van der Waals surface area contributed by atoms with Gasteiger partial charge in [0.25, 0.3) is 10.1 Å². The Balaban J connectivity index is 2.41. The van der Waals surface area contributed by atoms with Gasteiger partial charge in [-0.1, -0.05) is 18.2 Å². The number of hydrogen-bond donors (Lipinski definition) is 1. The van der Waals surface area contributed by atoms with Crippen molar-refractivity contribution in [3.05, 3.63) is 65.2 Å². The molecule has 120 valence electrons. The third kappa shape index (κ3) is 3.58. The molecule has 0 saturated heterocycles. The number of hydrogen-bond acceptors (Lipinski definition) is 5. The van der Waals surface area contributed by atoms with Gasteiger partial charge in [-0.05, 0) is 24.3 Å². The Morgan fingerprint density at radius 2 is 1.57 bits per heavy atom. The molecule has 0 fully saturated rings. The topological polar surface area (TPSA) is 97.7 Å². The number of esters is 2. The van der Waals surface area contributed by atoms with E-state index in [0.717, 1.165) is 0 Å². The van der Waals surface area contributed by atoms with E-state index >= 15 is 0 Å². The molecule has 0 unspecified atom stereocenters. The summed E-state index contributed by atoms with van der Waals surface area (Å²) in [5, 5.41) is 0. The van der Waals surface area contributed by atoms with Crippen LogP contribution in [0.25, 0.3) is 0 Å². The summed E-state index contributed by atoms with van der Waals surface area (Å²) in [6.45, 7) is 0. The summed E-state index contributed by atoms with van der Waals surface area (Å²) in [6, 6.07) is 8.28. The summed E-state index contributed by atoms with van der Waals surface area (Å²) in [5.74, 6) is -6.22. The van der Waals surface area contributed by atoms with E-state index in [9.17, 15) is 26.8 Å². The van der Waals surface area contributed by atoms with Gasteiger partial charge in [0, 0.05) is 0 Å². The summed E-state index contributed by atoms with van der Waals surface area (Å²) >= 11 is 0. The molecule has 23 heavy (non-hydrogen) atoms. The van der Waals surface area contributed by atoms with Gasteiger partial charge in [-0.15, -0.1) is 0 Å². The molecule has 0 heterocycles. The Bertz CT molecular complexity index is 878. The van der Waals surface area contributed by atoms with Crippen LogP contribution in [0, 0.1) is 11.6 Å². The van der Waals surface area contributed by atoms with E-state index in [1.54, 1.807) is 6.07 Å². The normalized spacial score (nSPS) is 11.1. The van der Waals surface area contributed by atoms with Crippen LogP contribution in [0.1, 0.15) is 20.7 Å². The lowest BCUT2D eigenvalue weighted by atomic mass is 10.2. The van der Waals surface area contributed by atoms with Crippen LogP contribution in [0.15, 0.2) is 47.4 Å². The molecule has 9 heteroatoms. The molecule has 2 rings (SSSR count). The van der Waals surface area contributed by atoms with Crippen LogP contribution in [0.5, 0.6) is 0 Å². The zero-order valence-electron chi connectivity index (χ0n) is 11.2. The van der Waals surface area contributed by atoms with Crippen molar-refractivity contribution in [2.45, 2.75) is 4.90 Å². The minimum Gasteiger partial charge on any atom is -0.386 e. The first kappa shape index (κ1) is 16.7. The molecular weight excluding hydrogens is 334 g/mol. The lowest BCUT2D eigenvalue weighted by molar-refractivity contribution is 0.0393. The number of rotatable bonds is 3. The number of carbonyl (C=O) groups is 2. The van der Waals surface area contributed by atoms with Crippen molar-refractivity contribution in [3.63, 3.8) is 0 Å². The molecule has 0 amide bonds. The lowest BCUT2D eigenvalue weighted by Gasteiger charge is -2.08. The van der Waals surface area contributed by atoms with Crippen molar-refractivity contribution in [2.24, 2.45) is 0 Å². The van der Waals surface area contributed by atoms with Crippen LogP contribution in [-0.2, 0) is 14.9 Å². The predicted molar refractivity (Wildman–Crippen MR) is 72.4 cm³/mol. The number of benzene rings is 2. The molecule has 1 N–H and O–H groups in total. The van der Waals surface area contributed by atoms with E-state index in [-0.39, 0.29) is 5.56 Å². The van der Waals surface area contributed by atoms with E-state index in [1.807, 2.05) is 0 Å². The van der Waals surface area contributed by atoms with Gasteiger partial charge >= 0.3 is 11.9 Å². The molecule has 0 radical (unpaired) electrons. The van der Waals surface area contributed by atoms with Crippen LogP contribution in [-0.4, -0.2) is 24.9 Å². The molecule has 2 aromatic rings. The number of ether oxygens (including phenoxy) is 1. The maximum atomic E-state index is 13.6. The van der Waals surface area contributed by atoms with Gasteiger partial charge in [-0.25, -0.2) is 18.4 Å². The maximum Gasteiger partial charge on any atom is 0.347 e. The Morgan fingerprint density at radius 1 is 0.957 bits per heavy atom. The average molecular weight is 342 g/mol. The Labute approximate surface area is 129 Å². The molecule has 6 nitrogen and oxygen atoms in total. The highest BCUT2D eigenvalue weighted by Gasteiger charge is 2.29. The fourth-order valence-electron chi connectivity index (χ4n) is 1.72. The summed E-state index contributed by atoms with van der Waals surface area (Å²) in [6.07, 6.45) is 0. The van der Waals surface area contributed by atoms with Crippen molar-refractivity contribution >= 4 is 22.1 Å². The fourth-order valence-corrected chi connectivity index (χ4v) is 2.47. The summed E-state index contributed by atoms with van der Waals surface area (Å²) in [7, 11) is -5.26. The first-order chi connectivity index (χ1) is 10.7. The van der Waals surface area contributed by atoms with Gasteiger partial charge in [0.15, 0.2) is 11.6 Å². The molecular formula is C14H8F2O6S. The van der Waals surface area contributed by atoms with Crippen LogP contribution in [0.3, 0.4) is 0 Å². The second-order valence-electron chi connectivity index (χ2n) is 4.26. The third-order valence-corrected chi connectivity index (χ3v) is 3.64. The molecule has 0 saturated carbocycles. The van der Waals surface area contributed by atoms with Gasteiger partial charge in [-0.2, -0.15) is 8.42 Å². The van der Waals surface area contributed by atoms with E-state index in [1.165, 1.54) is 24.3 Å². The Morgan fingerprint density at radius 3 is 2.13 bits per heavy atom. The molecule has 0 aliphatic heterocycles. The Kier molecular flexibility index (Phi) is 4.52. The van der Waals surface area contributed by atoms with E-state index in [2.05, 4.69) is 4.74 Å². The zero-order chi connectivity index (χ0) is 17.2. The van der Waals surface area contributed by atoms with Crippen molar-refractivity contribution in [1.82, 2.24) is 0 Å². The molecule has 0 aromatic heterocycles. The smallest absolute Gasteiger partial charge is 0.347 e. The molecule has 0 atom stereocenters. The first-order valence-corrected chi connectivity index (χ1v) is 7.43. The zero-order valence-corrected chi connectivity index (χ0v) is 12.0. The van der Waals surface area contributed by atoms with Gasteiger partial charge < -0.3 is 4.74 Å². The molecule has 0 spiro atoms. The standard InChI is InChI=1S/C14H8F2O6S/c15-10-7-6-9(12(11(10)16)23(19,20)21)14(18)22-13(17)8-4-2-1-3-5-8/h1-7H,(H,19,20,21). The average Bonchev–Trinajstić information content (AvgIpc) is 2.49. The van der Waals surface area contributed by atoms with Gasteiger partial charge in [0.05, 0.1) is 11.1 Å². The minimum absolute atomic E-state index is 0.0168. The first-order valence-electron chi connectivity index (χ1n) is 5.99. The highest BCUT2D eigenvalue weighted by Crippen LogP contribution is 2.23. The van der Waals surface area contributed by atoms with Crippen molar-refractivity contribution in [2.75, 3.05) is 0 Å². The van der Waals surface area contributed by atoms with E-state index in [4.69, 9.17) is 4.55 Å². The second-order valence-corrected chi connectivity index (χ2v) is 5.61. The van der Waals surface area contributed by atoms with Crippen LogP contribution in [0.2, 0.25) is 0 Å². The predicted octanol–water partition coefficient (Wildman–Crippen LogP) is 2.21. The van der Waals surface area contributed by atoms with Crippen molar-refractivity contribution in [1.29, 1.82) is 0 Å². The largest absolute Gasteiger partial charge is 0.386 e. The fraction of sp³-hybridized carbons (Fsp3) is 0. The number of carbonyl (C=O) groups excluding carboxylic acids is 2. The van der Waals surface area contributed by atoms with Crippen molar-refractivity contribution < 1.29 is 36.1 Å². The SMILES string of the molecule is O=C(OC(=O)c1ccc(F)c(F)c1S(=O)(=O)O)c1ccccc1. The van der Waals surface area contributed by atoms with Crippen LogP contribution in [0.4, 0.5) is 8.78 Å². The van der Waals surface area contributed by atoms with Gasteiger partial charge in [0.1, 0.15) is 4.90 Å². The molecule has 0 aliphatic carbocycles. The van der Waals surface area contributed by atoms with Gasteiger partial charge in [0.2, 0.25) is 0 Å². The summed E-state index contributed by atoms with van der Waals surface area (Å²) in [5.41, 5.74) is -1.02. The monoisotopic (exact) mass is 342 g/mol. The van der Waals surface area contributed by atoms with Crippen LogP contribution < -0.4 is 0 Å². The quantitative estimate of drug-likeness (QED) is 0.522. The second kappa shape index (κ2) is 6.23. The molecule has 0 aliphatic rings. The lowest BCUT2D eigenvalue weighted by Crippen LogP contribution is -2.17. The van der Waals surface area contributed by atoms with E-state index in [0.29, 0.717) is 12.1 Å². The summed E-state index contributed by atoms with van der Waals surface area (Å²) < 4.78 is 62.3. The molecule has 0 bridgehead atoms. The highest BCUT2D eigenvalue weighted by atomic mass is 32.2. The highest BCUT2D eigenvalue weighted by molar-refractivity contribution is 7.86. The van der Waals surface area contributed by atoms with Gasteiger partial charge in [-0.3, -0.25) is 4.55 Å². The van der Waals surface area contributed by atoms with Crippen LogP contribution >= 0.6 is 0 Å². The summed E-state index contributed by atoms with van der Waals surface area (Å²) in [4.78, 5) is 22.0. The minimum atomic E-state index is -5.26. The Hall–Kier alpha value is -2.65. The van der Waals surface area contributed by atoms with Crippen molar-refractivity contribution in [3.8, 4) is 0 Å². The molecule has 2 aromatic carbocycles.